The van der Waals surface area contributed by atoms with E-state index in [0.29, 0.717) is 6.04 Å². The van der Waals surface area contributed by atoms with Crippen molar-refractivity contribution in [2.75, 3.05) is 6.54 Å². The van der Waals surface area contributed by atoms with Gasteiger partial charge in [0.1, 0.15) is 0 Å². The van der Waals surface area contributed by atoms with Gasteiger partial charge in [-0.25, -0.2) is 0 Å². The summed E-state index contributed by atoms with van der Waals surface area (Å²) < 4.78 is 1.03. The lowest BCUT2D eigenvalue weighted by Gasteiger charge is -2.15. The van der Waals surface area contributed by atoms with Gasteiger partial charge in [0.15, 0.2) is 0 Å². The zero-order chi connectivity index (χ0) is 11.5. The Morgan fingerprint density at radius 3 is 2.88 bits per heavy atom. The molecule has 1 nitrogen and oxygen atoms in total. The molecule has 0 spiro atoms. The predicted octanol–water partition coefficient (Wildman–Crippen LogP) is 4.55. The largest absolute Gasteiger partial charge is 0.310 e. The lowest BCUT2D eigenvalue weighted by molar-refractivity contribution is 0.540. The average Bonchev–Trinajstić information content (AvgIpc) is 3.01. The minimum absolute atomic E-state index is 0.333. The Hall–Kier alpha value is -0.0500. The van der Waals surface area contributed by atoms with Gasteiger partial charge in [-0.2, -0.15) is 0 Å². The van der Waals surface area contributed by atoms with Crippen molar-refractivity contribution in [3.05, 3.63) is 33.3 Å². The molecule has 1 aromatic carbocycles. The summed E-state index contributed by atoms with van der Waals surface area (Å²) >= 11 is 9.63. The Morgan fingerprint density at radius 2 is 2.25 bits per heavy atom. The number of rotatable bonds is 5. The van der Waals surface area contributed by atoms with Crippen LogP contribution in [-0.2, 0) is 0 Å². The van der Waals surface area contributed by atoms with Crippen molar-refractivity contribution in [3.63, 3.8) is 0 Å². The summed E-state index contributed by atoms with van der Waals surface area (Å²) in [5.74, 6) is 0.986. The first-order chi connectivity index (χ1) is 7.66. The van der Waals surface area contributed by atoms with Crippen LogP contribution in [0.4, 0.5) is 0 Å². The third-order valence-corrected chi connectivity index (χ3v) is 3.95. The van der Waals surface area contributed by atoms with Gasteiger partial charge in [-0.05, 0) is 43.5 Å². The highest BCUT2D eigenvalue weighted by atomic mass is 79.9. The summed E-state index contributed by atoms with van der Waals surface area (Å²) in [5, 5.41) is 4.36. The lowest BCUT2D eigenvalue weighted by atomic mass is 10.1. The van der Waals surface area contributed by atoms with E-state index in [1.165, 1.54) is 24.8 Å². The molecule has 16 heavy (non-hydrogen) atoms. The highest BCUT2D eigenvalue weighted by Crippen LogP contribution is 2.32. The zero-order valence-electron chi connectivity index (χ0n) is 9.47. The molecule has 1 saturated carbocycles. The molecule has 0 aliphatic heterocycles. The summed E-state index contributed by atoms with van der Waals surface area (Å²) in [4.78, 5) is 0. The Bertz CT molecular complexity index is 363. The highest BCUT2D eigenvalue weighted by molar-refractivity contribution is 9.10. The van der Waals surface area contributed by atoms with Gasteiger partial charge in [0.25, 0.3) is 0 Å². The first-order valence-electron chi connectivity index (χ1n) is 5.85. The minimum Gasteiger partial charge on any atom is -0.310 e. The van der Waals surface area contributed by atoms with Gasteiger partial charge in [-0.1, -0.05) is 46.4 Å². The quantitative estimate of drug-likeness (QED) is 0.841. The van der Waals surface area contributed by atoms with Crippen LogP contribution in [0.25, 0.3) is 0 Å². The molecule has 0 heterocycles. The van der Waals surface area contributed by atoms with Crippen molar-refractivity contribution in [2.24, 2.45) is 5.92 Å². The van der Waals surface area contributed by atoms with Gasteiger partial charge >= 0.3 is 0 Å². The zero-order valence-corrected chi connectivity index (χ0v) is 11.8. The maximum absolute atomic E-state index is 6.21. The van der Waals surface area contributed by atoms with E-state index in [4.69, 9.17) is 11.6 Å². The Labute approximate surface area is 111 Å². The van der Waals surface area contributed by atoms with Crippen molar-refractivity contribution < 1.29 is 0 Å². The van der Waals surface area contributed by atoms with Crippen LogP contribution in [0.15, 0.2) is 22.7 Å². The third kappa shape index (κ3) is 3.47. The molecule has 0 saturated heterocycles. The van der Waals surface area contributed by atoms with Gasteiger partial charge in [0.05, 0.1) is 0 Å². The van der Waals surface area contributed by atoms with Crippen molar-refractivity contribution >= 4 is 27.5 Å². The van der Waals surface area contributed by atoms with Gasteiger partial charge in [-0.3, -0.25) is 0 Å². The summed E-state index contributed by atoms with van der Waals surface area (Å²) in [6.45, 7) is 3.26. The van der Waals surface area contributed by atoms with E-state index in [1.807, 2.05) is 12.1 Å². The van der Waals surface area contributed by atoms with E-state index in [9.17, 15) is 0 Å². The molecule has 0 aromatic heterocycles. The maximum atomic E-state index is 6.21. The second-order valence-corrected chi connectivity index (χ2v) is 5.90. The monoisotopic (exact) mass is 301 g/mol. The Balaban J connectivity index is 1.88. The summed E-state index contributed by atoms with van der Waals surface area (Å²) in [6.07, 6.45) is 4.16. The molecule has 88 valence electrons. The van der Waals surface area contributed by atoms with Crippen LogP contribution >= 0.6 is 27.5 Å². The molecule has 1 unspecified atom stereocenters. The van der Waals surface area contributed by atoms with Gasteiger partial charge in [0, 0.05) is 15.5 Å². The minimum atomic E-state index is 0.333. The topological polar surface area (TPSA) is 12.0 Å². The molecule has 1 aromatic rings. The lowest BCUT2D eigenvalue weighted by Crippen LogP contribution is -2.20. The van der Waals surface area contributed by atoms with E-state index in [1.54, 1.807) is 0 Å². The summed E-state index contributed by atoms with van der Waals surface area (Å²) in [5.41, 5.74) is 1.18. The van der Waals surface area contributed by atoms with Crippen LogP contribution in [0.5, 0.6) is 0 Å². The Kier molecular flexibility index (Phi) is 4.28. The molecule has 1 fully saturated rings. The van der Waals surface area contributed by atoms with Crippen molar-refractivity contribution in [1.82, 2.24) is 5.32 Å². The molecule has 0 amide bonds. The molecular formula is C13H17BrClN. The van der Waals surface area contributed by atoms with Crippen molar-refractivity contribution in [2.45, 2.75) is 32.2 Å². The van der Waals surface area contributed by atoms with Crippen LogP contribution in [0, 0.1) is 5.92 Å². The molecule has 1 atom stereocenters. The number of halogens is 2. The normalized spacial score (nSPS) is 17.4. The van der Waals surface area contributed by atoms with Crippen LogP contribution in [0.2, 0.25) is 5.02 Å². The van der Waals surface area contributed by atoms with Crippen LogP contribution in [-0.4, -0.2) is 6.54 Å². The molecule has 0 radical (unpaired) electrons. The molecular weight excluding hydrogens is 286 g/mol. The first-order valence-corrected chi connectivity index (χ1v) is 7.02. The summed E-state index contributed by atoms with van der Waals surface area (Å²) in [7, 11) is 0. The van der Waals surface area contributed by atoms with Crippen LogP contribution in [0.3, 0.4) is 0 Å². The van der Waals surface area contributed by atoms with E-state index < -0.39 is 0 Å². The number of hydrogen-bond acceptors (Lipinski definition) is 1. The number of nitrogens with one attached hydrogen (secondary N) is 1. The van der Waals surface area contributed by atoms with Crippen molar-refractivity contribution in [1.29, 1.82) is 0 Å². The first kappa shape index (κ1) is 12.4. The van der Waals surface area contributed by atoms with Gasteiger partial charge < -0.3 is 5.32 Å². The van der Waals surface area contributed by atoms with E-state index >= 15 is 0 Å². The van der Waals surface area contributed by atoms with E-state index in [2.05, 4.69) is 34.2 Å². The Morgan fingerprint density at radius 1 is 1.50 bits per heavy atom. The highest BCUT2D eigenvalue weighted by Gasteiger charge is 2.20. The van der Waals surface area contributed by atoms with Crippen molar-refractivity contribution in [3.8, 4) is 0 Å². The van der Waals surface area contributed by atoms with Gasteiger partial charge in [0.2, 0.25) is 0 Å². The SMILES string of the molecule is CC(NCCC1CC1)c1ccc(Br)cc1Cl. The number of hydrogen-bond donors (Lipinski definition) is 1. The van der Waals surface area contributed by atoms with Crippen LogP contribution in [0.1, 0.15) is 37.8 Å². The fourth-order valence-corrected chi connectivity index (χ4v) is 2.71. The smallest absolute Gasteiger partial charge is 0.0464 e. The molecule has 0 bridgehead atoms. The molecule has 1 N–H and O–H groups in total. The maximum Gasteiger partial charge on any atom is 0.0464 e. The van der Waals surface area contributed by atoms with Crippen LogP contribution < -0.4 is 5.32 Å². The fourth-order valence-electron chi connectivity index (χ4n) is 1.87. The second kappa shape index (κ2) is 5.52. The molecule has 1 aliphatic rings. The second-order valence-electron chi connectivity index (χ2n) is 4.57. The third-order valence-electron chi connectivity index (χ3n) is 3.13. The average molecular weight is 303 g/mol. The standard InChI is InChI=1S/C13H17BrClN/c1-9(16-7-6-10-2-3-10)12-5-4-11(14)8-13(12)15/h4-5,8-10,16H,2-3,6-7H2,1H3. The predicted molar refractivity (Wildman–Crippen MR) is 72.9 cm³/mol. The molecule has 3 heteroatoms. The van der Waals surface area contributed by atoms with Gasteiger partial charge in [-0.15, -0.1) is 0 Å². The van der Waals surface area contributed by atoms with E-state index in [0.717, 1.165) is 22.0 Å². The molecule has 2 rings (SSSR count). The number of benzene rings is 1. The fraction of sp³-hybridized carbons (Fsp3) is 0.538. The molecule has 1 aliphatic carbocycles. The van der Waals surface area contributed by atoms with E-state index in [-0.39, 0.29) is 0 Å². The summed E-state index contributed by atoms with van der Waals surface area (Å²) in [6, 6.07) is 6.41.